The highest BCUT2D eigenvalue weighted by Crippen LogP contribution is 2.12. The van der Waals surface area contributed by atoms with Crippen LogP contribution in [0.5, 0.6) is 0 Å². The third-order valence-electron chi connectivity index (χ3n) is 3.47. The van der Waals surface area contributed by atoms with Crippen LogP contribution < -0.4 is 11.1 Å². The number of para-hydroxylation sites is 1. The molecule has 0 saturated carbocycles. The topological polar surface area (TPSA) is 68.2 Å². The maximum atomic E-state index is 5.89. The molecule has 3 N–H and O–H groups in total. The monoisotopic (exact) mass is 299 g/mol. The number of guanidine groups is 1. The van der Waals surface area contributed by atoms with E-state index in [2.05, 4.69) is 29.3 Å². The number of nitrogens with one attached hydrogen (secondary N) is 1. The van der Waals surface area contributed by atoms with E-state index < -0.39 is 0 Å². The fourth-order valence-electron chi connectivity index (χ4n) is 2.08. The third kappa shape index (κ3) is 4.62. The molecule has 0 aliphatic rings. The van der Waals surface area contributed by atoms with E-state index in [1.807, 2.05) is 48.1 Å². The first-order valence-electron chi connectivity index (χ1n) is 7.70. The van der Waals surface area contributed by atoms with Crippen LogP contribution in [0.2, 0.25) is 0 Å². The molecule has 22 heavy (non-hydrogen) atoms. The van der Waals surface area contributed by atoms with Crippen LogP contribution in [0.15, 0.2) is 41.5 Å². The van der Waals surface area contributed by atoms with Crippen LogP contribution in [0, 0.1) is 12.8 Å². The van der Waals surface area contributed by atoms with Crippen LogP contribution in [-0.4, -0.2) is 22.3 Å². The molecule has 0 amide bonds. The standard InChI is InChI=1S/C17H25N5/c1-13(2)9-10-19-17(18)20-11-15-12-22(21-14(15)3)16-7-5-4-6-8-16/h4-8,12-13H,9-11H2,1-3H3,(H3,18,19,20). The summed E-state index contributed by atoms with van der Waals surface area (Å²) in [6, 6.07) is 10.1. The summed E-state index contributed by atoms with van der Waals surface area (Å²) in [7, 11) is 0. The SMILES string of the molecule is Cc1nn(-c2ccccc2)cc1CN=C(N)NCCC(C)C. The zero-order chi connectivity index (χ0) is 15.9. The zero-order valence-corrected chi connectivity index (χ0v) is 13.6. The van der Waals surface area contributed by atoms with Crippen molar-refractivity contribution in [3.8, 4) is 5.69 Å². The fourth-order valence-corrected chi connectivity index (χ4v) is 2.08. The molecule has 0 radical (unpaired) electrons. The van der Waals surface area contributed by atoms with E-state index in [4.69, 9.17) is 5.73 Å². The summed E-state index contributed by atoms with van der Waals surface area (Å²) in [5, 5.41) is 7.67. The summed E-state index contributed by atoms with van der Waals surface area (Å²) < 4.78 is 1.88. The third-order valence-corrected chi connectivity index (χ3v) is 3.47. The molecule has 0 aliphatic heterocycles. The number of benzene rings is 1. The van der Waals surface area contributed by atoms with Crippen molar-refractivity contribution in [3.05, 3.63) is 47.8 Å². The Bertz CT molecular complexity index is 613. The Morgan fingerprint density at radius 3 is 2.73 bits per heavy atom. The quantitative estimate of drug-likeness (QED) is 0.636. The van der Waals surface area contributed by atoms with Crippen LogP contribution >= 0.6 is 0 Å². The van der Waals surface area contributed by atoms with Crippen LogP contribution in [0.25, 0.3) is 5.69 Å². The summed E-state index contributed by atoms with van der Waals surface area (Å²) in [5.41, 5.74) is 8.99. The summed E-state index contributed by atoms with van der Waals surface area (Å²) in [4.78, 5) is 4.39. The minimum atomic E-state index is 0.493. The molecule has 0 unspecified atom stereocenters. The Morgan fingerprint density at radius 1 is 1.32 bits per heavy atom. The Labute approximate surface area is 132 Å². The summed E-state index contributed by atoms with van der Waals surface area (Å²) >= 11 is 0. The second-order valence-corrected chi connectivity index (χ2v) is 5.83. The molecule has 0 bridgehead atoms. The van der Waals surface area contributed by atoms with Gasteiger partial charge in [0, 0.05) is 18.3 Å². The minimum absolute atomic E-state index is 0.493. The van der Waals surface area contributed by atoms with Crippen molar-refractivity contribution < 1.29 is 0 Å². The molecule has 1 heterocycles. The highest BCUT2D eigenvalue weighted by atomic mass is 15.3. The number of nitrogens with zero attached hydrogens (tertiary/aromatic N) is 3. The molecule has 2 rings (SSSR count). The van der Waals surface area contributed by atoms with Crippen LogP contribution in [0.1, 0.15) is 31.5 Å². The average Bonchev–Trinajstić information content (AvgIpc) is 2.87. The van der Waals surface area contributed by atoms with Gasteiger partial charge in [0.1, 0.15) is 0 Å². The highest BCUT2D eigenvalue weighted by molar-refractivity contribution is 5.77. The summed E-state index contributed by atoms with van der Waals surface area (Å²) in [6.07, 6.45) is 3.09. The Balaban J connectivity index is 1.97. The second-order valence-electron chi connectivity index (χ2n) is 5.83. The highest BCUT2D eigenvalue weighted by Gasteiger charge is 2.06. The van der Waals surface area contributed by atoms with Gasteiger partial charge in [-0.2, -0.15) is 5.10 Å². The Hall–Kier alpha value is -2.30. The number of aryl methyl sites for hydroxylation is 1. The number of aliphatic imine (C=N–C) groups is 1. The molecular weight excluding hydrogens is 274 g/mol. The summed E-state index contributed by atoms with van der Waals surface area (Å²) in [6.45, 7) is 7.77. The van der Waals surface area contributed by atoms with Gasteiger partial charge in [-0.1, -0.05) is 32.0 Å². The van der Waals surface area contributed by atoms with Gasteiger partial charge in [-0.15, -0.1) is 0 Å². The number of nitrogens with two attached hydrogens (primary N) is 1. The van der Waals surface area contributed by atoms with Crippen molar-refractivity contribution in [2.45, 2.75) is 33.7 Å². The molecule has 118 valence electrons. The van der Waals surface area contributed by atoms with Crippen LogP contribution in [-0.2, 0) is 6.54 Å². The Kier molecular flexibility index (Phi) is 5.58. The maximum absolute atomic E-state index is 5.89. The molecule has 0 saturated heterocycles. The maximum Gasteiger partial charge on any atom is 0.188 e. The molecule has 0 atom stereocenters. The number of hydrogen-bond donors (Lipinski definition) is 2. The van der Waals surface area contributed by atoms with Crippen molar-refractivity contribution in [1.29, 1.82) is 0 Å². The Morgan fingerprint density at radius 2 is 2.05 bits per heavy atom. The van der Waals surface area contributed by atoms with Crippen molar-refractivity contribution in [3.63, 3.8) is 0 Å². The average molecular weight is 299 g/mol. The smallest absolute Gasteiger partial charge is 0.188 e. The van der Waals surface area contributed by atoms with E-state index in [0.717, 1.165) is 29.9 Å². The first-order chi connectivity index (χ1) is 10.6. The van der Waals surface area contributed by atoms with E-state index in [9.17, 15) is 0 Å². The predicted molar refractivity (Wildman–Crippen MR) is 91.1 cm³/mol. The predicted octanol–water partition coefficient (Wildman–Crippen LogP) is 2.63. The van der Waals surface area contributed by atoms with Crippen molar-refractivity contribution in [1.82, 2.24) is 15.1 Å². The lowest BCUT2D eigenvalue weighted by Gasteiger charge is -2.07. The fraction of sp³-hybridized carbons (Fsp3) is 0.412. The second kappa shape index (κ2) is 7.64. The molecule has 0 aliphatic carbocycles. The van der Waals surface area contributed by atoms with Gasteiger partial charge in [-0.25, -0.2) is 9.67 Å². The van der Waals surface area contributed by atoms with Crippen molar-refractivity contribution >= 4 is 5.96 Å². The first kappa shape index (κ1) is 16.1. The van der Waals surface area contributed by atoms with Gasteiger partial charge in [-0.3, -0.25) is 0 Å². The molecule has 5 heteroatoms. The molecular formula is C17H25N5. The normalized spacial score (nSPS) is 11.9. The number of aromatic nitrogens is 2. The van der Waals surface area contributed by atoms with Gasteiger partial charge in [0.25, 0.3) is 0 Å². The van der Waals surface area contributed by atoms with E-state index in [-0.39, 0.29) is 0 Å². The van der Waals surface area contributed by atoms with E-state index in [1.54, 1.807) is 0 Å². The number of rotatable bonds is 6. The molecule has 5 nitrogen and oxygen atoms in total. The van der Waals surface area contributed by atoms with Gasteiger partial charge < -0.3 is 11.1 Å². The number of hydrogen-bond acceptors (Lipinski definition) is 2. The largest absolute Gasteiger partial charge is 0.370 e. The molecule has 0 spiro atoms. The van der Waals surface area contributed by atoms with E-state index >= 15 is 0 Å². The van der Waals surface area contributed by atoms with Crippen molar-refractivity contribution in [2.75, 3.05) is 6.54 Å². The lowest BCUT2D eigenvalue weighted by atomic mass is 10.1. The van der Waals surface area contributed by atoms with Gasteiger partial charge in [-0.05, 0) is 31.4 Å². The minimum Gasteiger partial charge on any atom is -0.370 e. The van der Waals surface area contributed by atoms with Crippen LogP contribution in [0.4, 0.5) is 0 Å². The molecule has 1 aromatic heterocycles. The lowest BCUT2D eigenvalue weighted by Crippen LogP contribution is -2.32. The lowest BCUT2D eigenvalue weighted by molar-refractivity contribution is 0.576. The van der Waals surface area contributed by atoms with Gasteiger partial charge in [0.05, 0.1) is 17.9 Å². The molecule has 0 fully saturated rings. The van der Waals surface area contributed by atoms with Crippen molar-refractivity contribution in [2.24, 2.45) is 16.6 Å². The van der Waals surface area contributed by atoms with Gasteiger partial charge >= 0.3 is 0 Å². The van der Waals surface area contributed by atoms with Gasteiger partial charge in [0.2, 0.25) is 0 Å². The van der Waals surface area contributed by atoms with Crippen LogP contribution in [0.3, 0.4) is 0 Å². The van der Waals surface area contributed by atoms with Gasteiger partial charge in [0.15, 0.2) is 5.96 Å². The first-order valence-corrected chi connectivity index (χ1v) is 7.70. The summed E-state index contributed by atoms with van der Waals surface area (Å²) in [5.74, 6) is 1.15. The van der Waals surface area contributed by atoms with E-state index in [1.165, 1.54) is 0 Å². The zero-order valence-electron chi connectivity index (χ0n) is 13.6. The van der Waals surface area contributed by atoms with E-state index in [0.29, 0.717) is 18.4 Å². The molecule has 2 aromatic rings. The molecule has 1 aromatic carbocycles.